The standard InChI is InChI=1S/C14H17Cl2N3O4S/c1-24-5-4-11(19-14(17)22)13(21)23-7-12(20)18-8-2-3-9(15)10(16)6-8/h2-3,6,11H,4-5,7H2,1H3,(H,18,20)(H3,17,19,22)/t11-/m1/s1. The summed E-state index contributed by atoms with van der Waals surface area (Å²) in [6.45, 7) is -0.505. The minimum Gasteiger partial charge on any atom is -0.454 e. The molecule has 1 atom stereocenters. The van der Waals surface area contributed by atoms with Gasteiger partial charge in [0.2, 0.25) is 0 Å². The molecule has 0 saturated carbocycles. The van der Waals surface area contributed by atoms with E-state index in [1.165, 1.54) is 23.9 Å². The summed E-state index contributed by atoms with van der Waals surface area (Å²) in [5.41, 5.74) is 5.44. The van der Waals surface area contributed by atoms with Crippen molar-refractivity contribution in [2.75, 3.05) is 23.9 Å². The van der Waals surface area contributed by atoms with E-state index in [0.717, 1.165) is 0 Å². The number of hydrogen-bond acceptors (Lipinski definition) is 5. The third kappa shape index (κ3) is 7.29. The number of halogens is 2. The van der Waals surface area contributed by atoms with Crippen molar-refractivity contribution in [3.8, 4) is 0 Å². The molecule has 4 N–H and O–H groups in total. The Morgan fingerprint density at radius 1 is 1.29 bits per heavy atom. The Labute approximate surface area is 153 Å². The Hall–Kier alpha value is -1.64. The zero-order valence-corrected chi connectivity index (χ0v) is 15.1. The lowest BCUT2D eigenvalue weighted by Gasteiger charge is -2.16. The lowest BCUT2D eigenvalue weighted by molar-refractivity contribution is -0.149. The number of carbonyl (C=O) groups excluding carboxylic acids is 3. The molecule has 0 radical (unpaired) electrons. The molecule has 0 aliphatic carbocycles. The van der Waals surface area contributed by atoms with Crippen LogP contribution >= 0.6 is 35.0 Å². The predicted molar refractivity (Wildman–Crippen MR) is 95.6 cm³/mol. The lowest BCUT2D eigenvalue weighted by atomic mass is 10.2. The van der Waals surface area contributed by atoms with Crippen molar-refractivity contribution in [3.05, 3.63) is 28.2 Å². The van der Waals surface area contributed by atoms with Crippen molar-refractivity contribution in [1.82, 2.24) is 5.32 Å². The number of nitrogens with one attached hydrogen (secondary N) is 2. The van der Waals surface area contributed by atoms with Gasteiger partial charge < -0.3 is 21.1 Å². The zero-order chi connectivity index (χ0) is 18.1. The molecule has 0 fully saturated rings. The number of rotatable bonds is 8. The number of urea groups is 1. The molecule has 10 heteroatoms. The Kier molecular flexibility index (Phi) is 8.73. The first-order valence-corrected chi connectivity index (χ1v) is 8.95. The summed E-state index contributed by atoms with van der Waals surface area (Å²) < 4.78 is 4.90. The number of amides is 3. The summed E-state index contributed by atoms with van der Waals surface area (Å²) in [4.78, 5) is 34.6. The van der Waals surface area contributed by atoms with Crippen LogP contribution in [0, 0.1) is 0 Å². The van der Waals surface area contributed by atoms with E-state index in [0.29, 0.717) is 22.9 Å². The normalized spacial score (nSPS) is 11.5. The lowest BCUT2D eigenvalue weighted by Crippen LogP contribution is -2.45. The Bertz CT molecular complexity index is 616. The van der Waals surface area contributed by atoms with Crippen molar-refractivity contribution in [2.24, 2.45) is 5.73 Å². The summed E-state index contributed by atoms with van der Waals surface area (Å²) in [7, 11) is 0. The molecule has 24 heavy (non-hydrogen) atoms. The highest BCUT2D eigenvalue weighted by Crippen LogP contribution is 2.24. The zero-order valence-electron chi connectivity index (χ0n) is 12.8. The van der Waals surface area contributed by atoms with Gasteiger partial charge in [-0.3, -0.25) is 4.79 Å². The van der Waals surface area contributed by atoms with E-state index in [4.69, 9.17) is 33.7 Å². The van der Waals surface area contributed by atoms with Gasteiger partial charge >= 0.3 is 12.0 Å². The first kappa shape index (κ1) is 20.4. The van der Waals surface area contributed by atoms with Gasteiger partial charge in [-0.2, -0.15) is 11.8 Å². The number of primary amides is 1. The molecule has 0 bridgehead atoms. The molecular weight excluding hydrogens is 377 g/mol. The predicted octanol–water partition coefficient (Wildman–Crippen LogP) is 2.27. The molecule has 0 unspecified atom stereocenters. The number of hydrogen-bond donors (Lipinski definition) is 3. The summed E-state index contributed by atoms with van der Waals surface area (Å²) in [6.07, 6.45) is 2.20. The van der Waals surface area contributed by atoms with Gasteiger partial charge in [0.15, 0.2) is 6.61 Å². The largest absolute Gasteiger partial charge is 0.454 e. The van der Waals surface area contributed by atoms with Gasteiger partial charge in [0.05, 0.1) is 10.0 Å². The van der Waals surface area contributed by atoms with E-state index in [9.17, 15) is 14.4 Å². The number of carbonyl (C=O) groups is 3. The maximum absolute atomic E-state index is 11.9. The first-order chi connectivity index (χ1) is 11.3. The second-order valence-corrected chi connectivity index (χ2v) is 6.43. The first-order valence-electron chi connectivity index (χ1n) is 6.80. The van der Waals surface area contributed by atoms with Crippen molar-refractivity contribution < 1.29 is 19.1 Å². The highest BCUT2D eigenvalue weighted by atomic mass is 35.5. The smallest absolute Gasteiger partial charge is 0.329 e. The molecule has 7 nitrogen and oxygen atoms in total. The molecule has 3 amide bonds. The quantitative estimate of drug-likeness (QED) is 0.586. The van der Waals surface area contributed by atoms with Crippen LogP contribution in [0.5, 0.6) is 0 Å². The fourth-order valence-corrected chi connectivity index (χ4v) is 2.43. The highest BCUT2D eigenvalue weighted by Gasteiger charge is 2.21. The van der Waals surface area contributed by atoms with E-state index >= 15 is 0 Å². The van der Waals surface area contributed by atoms with Crippen molar-refractivity contribution >= 4 is 58.6 Å². The van der Waals surface area contributed by atoms with Crippen LogP contribution in [0.1, 0.15) is 6.42 Å². The molecule has 1 aromatic carbocycles. The number of thioether (sulfide) groups is 1. The van der Waals surface area contributed by atoms with Crippen LogP contribution in [0.25, 0.3) is 0 Å². The van der Waals surface area contributed by atoms with Crippen LogP contribution in [0.15, 0.2) is 18.2 Å². The van der Waals surface area contributed by atoms with Gasteiger partial charge in [-0.25, -0.2) is 9.59 Å². The van der Waals surface area contributed by atoms with E-state index in [-0.39, 0.29) is 5.02 Å². The van der Waals surface area contributed by atoms with Gasteiger partial charge in [-0.05, 0) is 36.6 Å². The van der Waals surface area contributed by atoms with Gasteiger partial charge in [-0.15, -0.1) is 0 Å². The minimum atomic E-state index is -0.896. The monoisotopic (exact) mass is 393 g/mol. The fraction of sp³-hybridized carbons (Fsp3) is 0.357. The molecular formula is C14H17Cl2N3O4S. The van der Waals surface area contributed by atoms with Crippen LogP contribution < -0.4 is 16.4 Å². The molecule has 1 rings (SSSR count). The SMILES string of the molecule is CSCC[C@@H](NC(N)=O)C(=O)OCC(=O)Nc1ccc(Cl)c(Cl)c1. The van der Waals surface area contributed by atoms with Gasteiger partial charge in [0, 0.05) is 5.69 Å². The van der Waals surface area contributed by atoms with Crippen LogP contribution in [0.2, 0.25) is 10.0 Å². The number of esters is 1. The maximum atomic E-state index is 11.9. The van der Waals surface area contributed by atoms with Crippen LogP contribution in [0.3, 0.4) is 0 Å². The Morgan fingerprint density at radius 2 is 2.00 bits per heavy atom. The van der Waals surface area contributed by atoms with E-state index in [2.05, 4.69) is 10.6 Å². The minimum absolute atomic E-state index is 0.286. The molecule has 0 aliphatic rings. The van der Waals surface area contributed by atoms with E-state index < -0.39 is 30.6 Å². The molecule has 0 aromatic heterocycles. The number of anilines is 1. The summed E-state index contributed by atoms with van der Waals surface area (Å²) >= 11 is 13.1. The maximum Gasteiger partial charge on any atom is 0.329 e. The third-order valence-electron chi connectivity index (χ3n) is 2.76. The van der Waals surface area contributed by atoms with Crippen molar-refractivity contribution in [1.29, 1.82) is 0 Å². The van der Waals surface area contributed by atoms with E-state index in [1.807, 2.05) is 6.26 Å². The summed E-state index contributed by atoms with van der Waals surface area (Å²) in [5.74, 6) is -0.660. The molecule has 1 aromatic rings. The molecule has 132 valence electrons. The molecule has 0 spiro atoms. The third-order valence-corrected chi connectivity index (χ3v) is 4.14. The fourth-order valence-electron chi connectivity index (χ4n) is 1.66. The molecule has 0 heterocycles. The number of ether oxygens (including phenoxy) is 1. The second-order valence-electron chi connectivity index (χ2n) is 4.63. The molecule has 0 aliphatic heterocycles. The Balaban J connectivity index is 2.52. The average molecular weight is 394 g/mol. The summed E-state index contributed by atoms with van der Waals surface area (Å²) in [6, 6.07) is 2.83. The van der Waals surface area contributed by atoms with Crippen LogP contribution in [-0.4, -0.2) is 42.6 Å². The van der Waals surface area contributed by atoms with Gasteiger partial charge in [0.25, 0.3) is 5.91 Å². The number of nitrogens with two attached hydrogens (primary N) is 1. The average Bonchev–Trinajstić information content (AvgIpc) is 2.52. The number of benzene rings is 1. The molecule has 0 saturated heterocycles. The summed E-state index contributed by atoms with van der Waals surface area (Å²) in [5, 5.41) is 5.44. The van der Waals surface area contributed by atoms with Gasteiger partial charge in [0.1, 0.15) is 6.04 Å². The van der Waals surface area contributed by atoms with Gasteiger partial charge in [-0.1, -0.05) is 23.2 Å². The van der Waals surface area contributed by atoms with Crippen LogP contribution in [0.4, 0.5) is 10.5 Å². The van der Waals surface area contributed by atoms with Crippen molar-refractivity contribution in [3.63, 3.8) is 0 Å². The van der Waals surface area contributed by atoms with Crippen molar-refractivity contribution in [2.45, 2.75) is 12.5 Å². The Morgan fingerprint density at radius 3 is 2.58 bits per heavy atom. The van der Waals surface area contributed by atoms with Crippen LogP contribution in [-0.2, 0) is 14.3 Å². The highest BCUT2D eigenvalue weighted by molar-refractivity contribution is 7.98. The van der Waals surface area contributed by atoms with E-state index in [1.54, 1.807) is 6.07 Å². The topological polar surface area (TPSA) is 111 Å². The second kappa shape index (κ2) is 10.3.